The molecule has 1 aromatic carbocycles. The molecule has 1 atom stereocenters. The van der Waals surface area contributed by atoms with Crippen LogP contribution in [-0.2, 0) is 0 Å². The second kappa shape index (κ2) is 5.44. The normalized spacial score (nSPS) is 14.4. The number of rotatable bonds is 3. The van der Waals surface area contributed by atoms with Crippen molar-refractivity contribution in [1.29, 1.82) is 0 Å². The minimum Gasteiger partial charge on any atom is -0.150 e. The highest BCUT2D eigenvalue weighted by Gasteiger charge is 2.42. The molecule has 1 rings (SSSR count). The van der Waals surface area contributed by atoms with Gasteiger partial charge in [-0.05, 0) is 5.56 Å². The molecule has 0 aliphatic heterocycles. The van der Waals surface area contributed by atoms with Crippen LogP contribution in [0.15, 0.2) is 30.3 Å². The predicted octanol–water partition coefficient (Wildman–Crippen LogP) is 4.20. The molecule has 0 heterocycles. The van der Waals surface area contributed by atoms with E-state index in [9.17, 15) is 0 Å². The fourth-order valence-electron chi connectivity index (χ4n) is 1.14. The van der Waals surface area contributed by atoms with Gasteiger partial charge in [-0.2, -0.15) is 0 Å². The van der Waals surface area contributed by atoms with Crippen LogP contribution in [0.3, 0.4) is 0 Å². The third kappa shape index (κ3) is 3.60. The Morgan fingerprint density at radius 3 is 1.86 bits per heavy atom. The molecular formula is C7H7Cl5Si2. The second-order valence-electron chi connectivity index (χ2n) is 2.76. The van der Waals surface area contributed by atoms with Crippen LogP contribution >= 0.6 is 55.4 Å². The number of halogens is 5. The van der Waals surface area contributed by atoms with E-state index in [2.05, 4.69) is 0 Å². The van der Waals surface area contributed by atoms with E-state index in [4.69, 9.17) is 55.4 Å². The van der Waals surface area contributed by atoms with Gasteiger partial charge >= 0.3 is 6.00 Å². The fraction of sp³-hybridized carbons (Fsp3) is 0.143. The molecule has 0 radical (unpaired) electrons. The number of hydrogen-bond donors (Lipinski definition) is 0. The zero-order valence-electron chi connectivity index (χ0n) is 6.93. The van der Waals surface area contributed by atoms with E-state index in [1.807, 2.05) is 30.3 Å². The number of hydrogen-bond acceptors (Lipinski definition) is 0. The van der Waals surface area contributed by atoms with Crippen molar-refractivity contribution in [2.24, 2.45) is 0 Å². The topological polar surface area (TPSA) is 0 Å². The molecule has 78 valence electrons. The summed E-state index contributed by atoms with van der Waals surface area (Å²) in [4.78, 5) is 0. The van der Waals surface area contributed by atoms with Crippen molar-refractivity contribution in [2.75, 3.05) is 0 Å². The first-order valence-corrected chi connectivity index (χ1v) is 13.1. The minimum atomic E-state index is -2.88. The van der Waals surface area contributed by atoms with E-state index in [0.717, 1.165) is 5.56 Å². The molecule has 0 N–H and O–H groups in total. The standard InChI is InChI=1S/C7H7Cl5Si2/c8-13(9)7(14(10,11)12)6-4-2-1-3-5-6/h1-5,7,13H. The van der Waals surface area contributed by atoms with E-state index in [1.54, 1.807) is 0 Å². The fourth-order valence-corrected chi connectivity index (χ4v) is 15.7. The second-order valence-corrected chi connectivity index (χ2v) is 17.1. The predicted molar refractivity (Wildman–Crippen MR) is 71.4 cm³/mol. The molecule has 0 nitrogen and oxygen atoms in total. The van der Waals surface area contributed by atoms with Crippen molar-refractivity contribution in [3.8, 4) is 0 Å². The maximum atomic E-state index is 5.96. The van der Waals surface area contributed by atoms with Gasteiger partial charge in [0.25, 0.3) is 0 Å². The van der Waals surface area contributed by atoms with Crippen LogP contribution in [0.1, 0.15) is 10.7 Å². The highest BCUT2D eigenvalue weighted by molar-refractivity contribution is 7.68. The van der Waals surface area contributed by atoms with Crippen LogP contribution in [0.25, 0.3) is 0 Å². The van der Waals surface area contributed by atoms with Crippen molar-refractivity contribution in [1.82, 2.24) is 0 Å². The van der Waals surface area contributed by atoms with Crippen molar-refractivity contribution in [2.45, 2.75) is 5.16 Å². The van der Waals surface area contributed by atoms with E-state index in [-0.39, 0.29) is 5.16 Å². The maximum absolute atomic E-state index is 5.96. The average molecular weight is 325 g/mol. The lowest BCUT2D eigenvalue weighted by Gasteiger charge is -2.22. The highest BCUT2D eigenvalue weighted by Crippen LogP contribution is 2.40. The van der Waals surface area contributed by atoms with Gasteiger partial charge < -0.3 is 0 Å². The van der Waals surface area contributed by atoms with E-state index in [0.29, 0.717) is 0 Å². The zero-order valence-corrected chi connectivity index (χ0v) is 12.9. The van der Waals surface area contributed by atoms with Gasteiger partial charge in [0.05, 0.1) is 0 Å². The van der Waals surface area contributed by atoms with Gasteiger partial charge in [0.2, 0.25) is 7.42 Å². The van der Waals surface area contributed by atoms with Gasteiger partial charge in [0.1, 0.15) is 0 Å². The van der Waals surface area contributed by atoms with Crippen molar-refractivity contribution in [3.05, 3.63) is 35.9 Å². The molecule has 0 saturated heterocycles. The minimum absolute atomic E-state index is 0.253. The summed E-state index contributed by atoms with van der Waals surface area (Å²) in [7, 11) is -2.03. The molecule has 0 bridgehead atoms. The molecule has 0 aliphatic carbocycles. The Balaban J connectivity index is 3.02. The van der Waals surface area contributed by atoms with Crippen LogP contribution in [0.4, 0.5) is 0 Å². The number of benzene rings is 1. The lowest BCUT2D eigenvalue weighted by Crippen LogP contribution is -2.31. The Bertz CT molecular complexity index is 284. The Kier molecular flexibility index (Phi) is 5.12. The summed E-state index contributed by atoms with van der Waals surface area (Å²) < 4.78 is 0. The molecule has 0 saturated carbocycles. The molecule has 7 heteroatoms. The third-order valence-corrected chi connectivity index (χ3v) is 13.0. The van der Waals surface area contributed by atoms with Gasteiger partial charge in [-0.25, -0.2) is 0 Å². The van der Waals surface area contributed by atoms with Crippen LogP contribution in [-0.4, -0.2) is 13.4 Å². The van der Waals surface area contributed by atoms with Gasteiger partial charge in [0, 0.05) is 5.16 Å². The Hall–Kier alpha value is 1.10. The van der Waals surface area contributed by atoms with Crippen molar-refractivity contribution < 1.29 is 0 Å². The molecule has 14 heavy (non-hydrogen) atoms. The van der Waals surface area contributed by atoms with Crippen LogP contribution in [0.2, 0.25) is 0 Å². The summed E-state index contributed by atoms with van der Waals surface area (Å²) in [6, 6.07) is 6.59. The third-order valence-electron chi connectivity index (χ3n) is 1.76. The lowest BCUT2D eigenvalue weighted by molar-refractivity contribution is 1.32. The molecular weight excluding hydrogens is 318 g/mol. The molecule has 0 amide bonds. The van der Waals surface area contributed by atoms with Gasteiger partial charge in [-0.15, -0.1) is 55.4 Å². The van der Waals surface area contributed by atoms with Crippen molar-refractivity contribution >= 4 is 68.8 Å². The maximum Gasteiger partial charge on any atom is 0.348 e. The van der Waals surface area contributed by atoms with Crippen LogP contribution < -0.4 is 0 Å². The van der Waals surface area contributed by atoms with E-state index < -0.39 is 13.4 Å². The summed E-state index contributed by atoms with van der Waals surface area (Å²) in [5.74, 6) is 0. The molecule has 0 spiro atoms. The Morgan fingerprint density at radius 1 is 1.00 bits per heavy atom. The quantitative estimate of drug-likeness (QED) is 0.577. The smallest absolute Gasteiger partial charge is 0.150 e. The van der Waals surface area contributed by atoms with E-state index in [1.165, 1.54) is 0 Å². The lowest BCUT2D eigenvalue weighted by atomic mass is 10.2. The summed E-state index contributed by atoms with van der Waals surface area (Å²) in [6.07, 6.45) is 0. The highest BCUT2D eigenvalue weighted by atomic mass is 35.8. The summed E-state index contributed by atoms with van der Waals surface area (Å²) in [5.41, 5.74) is 0.931. The molecule has 1 aromatic rings. The average Bonchev–Trinajstić information content (AvgIpc) is 2.02. The zero-order chi connectivity index (χ0) is 10.8. The van der Waals surface area contributed by atoms with Crippen LogP contribution in [0.5, 0.6) is 0 Å². The first-order valence-electron chi connectivity index (χ1n) is 3.82. The molecule has 0 aliphatic rings. The molecule has 0 fully saturated rings. The van der Waals surface area contributed by atoms with E-state index >= 15 is 0 Å². The Morgan fingerprint density at radius 2 is 1.50 bits per heavy atom. The molecule has 1 unspecified atom stereocenters. The van der Waals surface area contributed by atoms with Gasteiger partial charge in [-0.3, -0.25) is 0 Å². The van der Waals surface area contributed by atoms with Crippen LogP contribution in [0, 0.1) is 0 Å². The first-order chi connectivity index (χ1) is 6.43. The van der Waals surface area contributed by atoms with Crippen molar-refractivity contribution in [3.63, 3.8) is 0 Å². The molecule has 0 aromatic heterocycles. The Labute approximate surface area is 109 Å². The van der Waals surface area contributed by atoms with Gasteiger partial charge in [0.15, 0.2) is 0 Å². The SMILES string of the molecule is Cl[SiH](Cl)C(c1ccccc1)[Si](Cl)(Cl)Cl. The van der Waals surface area contributed by atoms with Gasteiger partial charge in [-0.1, -0.05) is 30.3 Å². The first kappa shape index (κ1) is 13.2. The summed E-state index contributed by atoms with van der Waals surface area (Å²) in [5, 5.41) is -0.253. The monoisotopic (exact) mass is 322 g/mol. The summed E-state index contributed by atoms with van der Waals surface area (Å²) >= 11 is 29.8. The summed E-state index contributed by atoms with van der Waals surface area (Å²) in [6.45, 7) is 0. The largest absolute Gasteiger partial charge is 0.348 e.